The maximum atomic E-state index is 13.4. The van der Waals surface area contributed by atoms with Gasteiger partial charge >= 0.3 is 6.18 Å². The molecule has 40 heavy (non-hydrogen) atoms. The maximum Gasteiger partial charge on any atom is 0.416 e. The van der Waals surface area contributed by atoms with Crippen LogP contribution in [-0.4, -0.2) is 20.4 Å². The van der Waals surface area contributed by atoms with Crippen LogP contribution in [0.25, 0.3) is 22.0 Å². The number of amides is 1. The third-order valence-corrected chi connectivity index (χ3v) is 6.52. The van der Waals surface area contributed by atoms with Crippen LogP contribution in [0.4, 0.5) is 24.7 Å². The van der Waals surface area contributed by atoms with Crippen molar-refractivity contribution in [1.29, 1.82) is 0 Å². The second-order valence-corrected chi connectivity index (χ2v) is 9.29. The van der Waals surface area contributed by atoms with Gasteiger partial charge in [-0.2, -0.15) is 13.2 Å². The van der Waals surface area contributed by atoms with Crippen LogP contribution in [0.2, 0.25) is 0 Å². The molecular formula is C30H24F3N5O2. The summed E-state index contributed by atoms with van der Waals surface area (Å²) in [4.78, 5) is 34.9. The van der Waals surface area contributed by atoms with Crippen molar-refractivity contribution in [2.24, 2.45) is 7.05 Å². The van der Waals surface area contributed by atoms with Crippen LogP contribution in [0.3, 0.4) is 0 Å². The van der Waals surface area contributed by atoms with Gasteiger partial charge in [0, 0.05) is 47.7 Å². The Kier molecular flexibility index (Phi) is 7.08. The Balaban J connectivity index is 1.44. The smallest absolute Gasteiger partial charge is 0.364 e. The number of carbonyl (C=O) groups excluding carboxylic acids is 1. The predicted molar refractivity (Wildman–Crippen MR) is 148 cm³/mol. The predicted octanol–water partition coefficient (Wildman–Crippen LogP) is 6.19. The fraction of sp³-hybridized carbons (Fsp3) is 0.133. The number of aryl methyl sites for hydroxylation is 2. The fourth-order valence-corrected chi connectivity index (χ4v) is 4.37. The molecule has 0 fully saturated rings. The highest BCUT2D eigenvalue weighted by atomic mass is 19.4. The number of hydrogen-bond acceptors (Lipinski definition) is 5. The summed E-state index contributed by atoms with van der Waals surface area (Å²) in [6, 6.07) is 18.4. The van der Waals surface area contributed by atoms with Gasteiger partial charge in [-0.05, 0) is 66.6 Å². The lowest BCUT2D eigenvalue weighted by molar-refractivity contribution is -0.137. The van der Waals surface area contributed by atoms with Crippen molar-refractivity contribution in [3.63, 3.8) is 0 Å². The van der Waals surface area contributed by atoms with Gasteiger partial charge in [-0.25, -0.2) is 4.98 Å². The summed E-state index contributed by atoms with van der Waals surface area (Å²) >= 11 is 0. The molecule has 0 unspecified atom stereocenters. The monoisotopic (exact) mass is 543 g/mol. The van der Waals surface area contributed by atoms with Gasteiger partial charge in [0.1, 0.15) is 5.82 Å². The summed E-state index contributed by atoms with van der Waals surface area (Å²) < 4.78 is 40.8. The van der Waals surface area contributed by atoms with Crippen molar-refractivity contribution in [3.8, 4) is 11.1 Å². The Hall–Kier alpha value is -4.99. The minimum atomic E-state index is -4.56. The number of pyridine rings is 3. The van der Waals surface area contributed by atoms with Crippen LogP contribution in [0, 0.1) is 6.92 Å². The normalized spacial score (nSPS) is 11.4. The minimum absolute atomic E-state index is 0.128. The first kappa shape index (κ1) is 26.6. The molecule has 0 aliphatic heterocycles. The van der Waals surface area contributed by atoms with Crippen LogP contribution in [0.15, 0.2) is 90.0 Å². The lowest BCUT2D eigenvalue weighted by Gasteiger charge is -2.14. The molecule has 0 saturated carbocycles. The van der Waals surface area contributed by atoms with E-state index < -0.39 is 17.6 Å². The van der Waals surface area contributed by atoms with Gasteiger partial charge in [0.2, 0.25) is 0 Å². The highest BCUT2D eigenvalue weighted by Crippen LogP contribution is 2.30. The van der Waals surface area contributed by atoms with E-state index >= 15 is 0 Å². The zero-order valence-corrected chi connectivity index (χ0v) is 21.6. The summed E-state index contributed by atoms with van der Waals surface area (Å²) in [5.74, 6) is -0.0985. The lowest BCUT2D eigenvalue weighted by Crippen LogP contribution is -2.20. The average Bonchev–Trinajstić information content (AvgIpc) is 2.95. The molecule has 2 N–H and O–H groups in total. The highest BCUT2D eigenvalue weighted by Gasteiger charge is 2.31. The number of alkyl halides is 3. The number of anilines is 2. The molecule has 0 spiro atoms. The molecule has 1 amide bonds. The van der Waals surface area contributed by atoms with Gasteiger partial charge in [0.15, 0.2) is 0 Å². The van der Waals surface area contributed by atoms with E-state index in [2.05, 4.69) is 20.6 Å². The molecule has 0 atom stereocenters. The molecule has 3 heterocycles. The average molecular weight is 544 g/mol. The summed E-state index contributed by atoms with van der Waals surface area (Å²) in [6.45, 7) is 2.31. The van der Waals surface area contributed by atoms with Gasteiger partial charge in [-0.15, -0.1) is 0 Å². The molecule has 3 aromatic heterocycles. The molecule has 7 nitrogen and oxygen atoms in total. The van der Waals surface area contributed by atoms with Crippen molar-refractivity contribution in [1.82, 2.24) is 14.5 Å². The van der Waals surface area contributed by atoms with Crippen LogP contribution in [0.1, 0.15) is 27.2 Å². The van der Waals surface area contributed by atoms with Crippen molar-refractivity contribution >= 4 is 28.3 Å². The first-order valence-electron chi connectivity index (χ1n) is 12.3. The van der Waals surface area contributed by atoms with Crippen LogP contribution in [0.5, 0.6) is 0 Å². The van der Waals surface area contributed by atoms with E-state index in [9.17, 15) is 22.8 Å². The number of nitrogens with zero attached hydrogens (tertiary/aromatic N) is 3. The quantitative estimate of drug-likeness (QED) is 0.267. The Morgan fingerprint density at radius 2 is 1.77 bits per heavy atom. The molecule has 0 radical (unpaired) electrons. The third kappa shape index (κ3) is 5.56. The molecule has 2 aromatic carbocycles. The van der Waals surface area contributed by atoms with Gasteiger partial charge < -0.3 is 15.2 Å². The molecule has 10 heteroatoms. The molecule has 0 saturated heterocycles. The van der Waals surface area contributed by atoms with Gasteiger partial charge in [-0.1, -0.05) is 18.2 Å². The number of rotatable bonds is 6. The first-order chi connectivity index (χ1) is 19.1. The molecule has 0 aliphatic rings. The highest BCUT2D eigenvalue weighted by molar-refractivity contribution is 6.04. The van der Waals surface area contributed by atoms with E-state index in [1.165, 1.54) is 16.7 Å². The van der Waals surface area contributed by atoms with E-state index in [-0.39, 0.29) is 11.1 Å². The largest absolute Gasteiger partial charge is 0.416 e. The number of nitrogens with one attached hydrogen (secondary N) is 2. The molecule has 0 bridgehead atoms. The Morgan fingerprint density at radius 1 is 0.950 bits per heavy atom. The van der Waals surface area contributed by atoms with Crippen molar-refractivity contribution in [2.75, 3.05) is 10.6 Å². The molecule has 5 aromatic rings. The zero-order valence-electron chi connectivity index (χ0n) is 21.6. The lowest BCUT2D eigenvalue weighted by atomic mass is 9.99. The number of halogens is 3. The first-order valence-corrected chi connectivity index (χ1v) is 12.3. The molecular weight excluding hydrogens is 519 g/mol. The SMILES string of the molecule is Cc1ccc(NC(=O)c2cccc(C(F)(F)F)c2)cc1-c1cc2cnc(NCc3ccccn3)cc2n(C)c1=O. The minimum Gasteiger partial charge on any atom is -0.364 e. The standard InChI is InChI=1S/C30H24F3N5O2/c1-18-9-10-22(37-28(39)19-6-5-7-21(12-19)30(31,32)33)14-24(18)25-13-20-16-35-27(15-26(20)38(2)29(25)40)36-17-23-8-3-4-11-34-23/h3-16H,17H2,1-2H3,(H,35,36)(H,37,39). The Bertz CT molecular complexity index is 1780. The second-order valence-electron chi connectivity index (χ2n) is 9.29. The third-order valence-electron chi connectivity index (χ3n) is 6.52. The van der Waals surface area contributed by atoms with Crippen molar-refractivity contribution in [2.45, 2.75) is 19.6 Å². The number of benzene rings is 2. The molecule has 5 rings (SSSR count). The summed E-state index contributed by atoms with van der Waals surface area (Å²) in [5.41, 5.74) is 2.36. The van der Waals surface area contributed by atoms with E-state index in [0.29, 0.717) is 34.7 Å². The van der Waals surface area contributed by atoms with Crippen LogP contribution in [-0.2, 0) is 19.8 Å². The second kappa shape index (κ2) is 10.6. The van der Waals surface area contributed by atoms with E-state index in [0.717, 1.165) is 28.8 Å². The number of carbonyl (C=O) groups is 1. The summed E-state index contributed by atoms with van der Waals surface area (Å²) in [6.07, 6.45) is -1.17. The maximum absolute atomic E-state index is 13.4. The molecule has 202 valence electrons. The zero-order chi connectivity index (χ0) is 28.4. The van der Waals surface area contributed by atoms with E-state index in [1.54, 1.807) is 49.8 Å². The Morgan fingerprint density at radius 3 is 2.52 bits per heavy atom. The van der Waals surface area contributed by atoms with Gasteiger partial charge in [-0.3, -0.25) is 14.6 Å². The summed E-state index contributed by atoms with van der Waals surface area (Å²) in [7, 11) is 1.67. The summed E-state index contributed by atoms with van der Waals surface area (Å²) in [5, 5.41) is 6.59. The van der Waals surface area contributed by atoms with Crippen LogP contribution < -0.4 is 16.2 Å². The van der Waals surface area contributed by atoms with Gasteiger partial charge in [0.05, 0.1) is 23.3 Å². The van der Waals surface area contributed by atoms with Gasteiger partial charge in [0.25, 0.3) is 11.5 Å². The number of hydrogen-bond donors (Lipinski definition) is 2. The van der Waals surface area contributed by atoms with E-state index in [1.807, 2.05) is 25.1 Å². The topological polar surface area (TPSA) is 88.9 Å². The van der Waals surface area contributed by atoms with Crippen molar-refractivity contribution in [3.05, 3.63) is 118 Å². The Labute approximate surface area is 227 Å². The number of fused-ring (bicyclic) bond motifs is 1. The van der Waals surface area contributed by atoms with Crippen molar-refractivity contribution < 1.29 is 18.0 Å². The number of aromatic nitrogens is 3. The van der Waals surface area contributed by atoms with E-state index in [4.69, 9.17) is 0 Å². The van der Waals surface area contributed by atoms with Crippen LogP contribution >= 0.6 is 0 Å². The fourth-order valence-electron chi connectivity index (χ4n) is 4.37. The molecule has 0 aliphatic carbocycles.